The number of ether oxygens (including phenoxy) is 1. The van der Waals surface area contributed by atoms with E-state index >= 15 is 0 Å². The molecule has 0 aromatic heterocycles. The highest BCUT2D eigenvalue weighted by Gasteiger charge is 2.30. The van der Waals surface area contributed by atoms with Crippen molar-refractivity contribution in [2.45, 2.75) is 12.1 Å². The second-order valence-corrected chi connectivity index (χ2v) is 6.24. The number of benzene rings is 1. The smallest absolute Gasteiger partial charge is 0.123 e. The molecule has 1 aromatic rings. The van der Waals surface area contributed by atoms with Crippen molar-refractivity contribution in [3.8, 4) is 5.75 Å². The molecule has 3 N–H and O–H groups in total. The van der Waals surface area contributed by atoms with E-state index in [1.165, 1.54) is 0 Å². The Labute approximate surface area is 123 Å². The van der Waals surface area contributed by atoms with Crippen LogP contribution in [0.1, 0.15) is 11.6 Å². The molecular weight excluding hydrogens is 282 g/mol. The minimum Gasteiger partial charge on any atom is -0.496 e. The molecule has 0 amide bonds. The van der Waals surface area contributed by atoms with E-state index in [1.54, 1.807) is 7.11 Å². The number of nitrogens with one attached hydrogen (secondary N) is 1. The topological polar surface area (TPSA) is 50.5 Å². The molecule has 1 aromatic carbocycles. The average Bonchev–Trinajstić information content (AvgIpc) is 2.42. The largest absolute Gasteiger partial charge is 0.496 e. The summed E-state index contributed by atoms with van der Waals surface area (Å²) in [5.41, 5.74) is 3.94. The third-order valence-corrected chi connectivity index (χ3v) is 4.82. The lowest BCUT2D eigenvalue weighted by atomic mass is 9.98. The van der Waals surface area contributed by atoms with Crippen molar-refractivity contribution in [2.75, 3.05) is 32.2 Å². The maximum absolute atomic E-state index is 6.11. The fourth-order valence-electron chi connectivity index (χ4n) is 2.41. The van der Waals surface area contributed by atoms with Gasteiger partial charge in [0.05, 0.1) is 13.2 Å². The number of rotatable bonds is 4. The van der Waals surface area contributed by atoms with Crippen LogP contribution in [0.5, 0.6) is 5.75 Å². The second-order valence-electron chi connectivity index (χ2n) is 4.65. The lowest BCUT2D eigenvalue weighted by Crippen LogP contribution is -2.49. The number of methoxy groups -OCH3 is 1. The molecule has 1 fully saturated rings. The Morgan fingerprint density at radius 3 is 3.00 bits per heavy atom. The first kappa shape index (κ1) is 14.9. The van der Waals surface area contributed by atoms with Gasteiger partial charge in [-0.2, -0.15) is 11.8 Å². The number of likely N-dealkylation sites (N-methyl/N-ethyl adjacent to an activating group) is 1. The highest BCUT2D eigenvalue weighted by molar-refractivity contribution is 7.99. The van der Waals surface area contributed by atoms with E-state index < -0.39 is 0 Å². The van der Waals surface area contributed by atoms with Gasteiger partial charge in [-0.15, -0.1) is 0 Å². The number of nitrogens with zero attached hydrogens (tertiary/aromatic N) is 1. The van der Waals surface area contributed by atoms with Gasteiger partial charge in [0.15, 0.2) is 0 Å². The van der Waals surface area contributed by atoms with Crippen molar-refractivity contribution >= 4 is 23.4 Å². The minimum atomic E-state index is 0.00597. The molecule has 1 saturated heterocycles. The van der Waals surface area contributed by atoms with E-state index in [0.717, 1.165) is 29.4 Å². The first-order valence-corrected chi connectivity index (χ1v) is 7.78. The van der Waals surface area contributed by atoms with Gasteiger partial charge in [-0.1, -0.05) is 11.6 Å². The van der Waals surface area contributed by atoms with E-state index in [1.807, 2.05) is 30.0 Å². The highest BCUT2D eigenvalue weighted by atomic mass is 35.5. The predicted octanol–water partition coefficient (Wildman–Crippen LogP) is 1.90. The fourth-order valence-corrected chi connectivity index (χ4v) is 3.87. The summed E-state index contributed by atoms with van der Waals surface area (Å²) in [6.45, 7) is 1.07. The molecule has 0 bridgehead atoms. The van der Waals surface area contributed by atoms with Gasteiger partial charge in [0.1, 0.15) is 5.75 Å². The van der Waals surface area contributed by atoms with Crippen LogP contribution in [0.4, 0.5) is 0 Å². The van der Waals surface area contributed by atoms with Crippen LogP contribution in [0, 0.1) is 0 Å². The minimum absolute atomic E-state index is 0.00597. The zero-order valence-corrected chi connectivity index (χ0v) is 12.8. The summed E-state index contributed by atoms with van der Waals surface area (Å²) >= 11 is 8.06. The van der Waals surface area contributed by atoms with Crippen molar-refractivity contribution in [3.63, 3.8) is 0 Å². The predicted molar refractivity (Wildman–Crippen MR) is 81.8 cm³/mol. The molecule has 1 heterocycles. The number of hydrogen-bond donors (Lipinski definition) is 2. The Hall–Kier alpha value is -0.460. The molecule has 106 valence electrons. The quantitative estimate of drug-likeness (QED) is 0.657. The molecule has 2 unspecified atom stereocenters. The van der Waals surface area contributed by atoms with Crippen LogP contribution < -0.4 is 16.0 Å². The number of nitrogens with two attached hydrogens (primary N) is 1. The zero-order valence-electron chi connectivity index (χ0n) is 11.2. The summed E-state index contributed by atoms with van der Waals surface area (Å²) in [7, 11) is 3.80. The van der Waals surface area contributed by atoms with Gasteiger partial charge in [0, 0.05) is 34.7 Å². The Morgan fingerprint density at radius 1 is 1.58 bits per heavy atom. The molecule has 2 atom stereocenters. The van der Waals surface area contributed by atoms with Gasteiger partial charge in [0.25, 0.3) is 0 Å². The molecule has 0 aliphatic carbocycles. The van der Waals surface area contributed by atoms with E-state index in [0.29, 0.717) is 11.1 Å². The SMILES string of the molecule is COc1ccc(Cl)cc1C(NN)C1CSCCN1C. The standard InChI is InChI=1S/C13H20ClN3OS/c1-17-5-6-19-8-11(17)13(16-15)10-7-9(14)3-4-12(10)18-2/h3-4,7,11,13,16H,5-6,8,15H2,1-2H3. The van der Waals surface area contributed by atoms with Crippen molar-refractivity contribution in [2.24, 2.45) is 5.84 Å². The van der Waals surface area contributed by atoms with Crippen LogP contribution in [0.3, 0.4) is 0 Å². The zero-order chi connectivity index (χ0) is 13.8. The summed E-state index contributed by atoms with van der Waals surface area (Å²) in [5.74, 6) is 8.81. The number of thioether (sulfide) groups is 1. The third kappa shape index (κ3) is 3.35. The van der Waals surface area contributed by atoms with Crippen molar-refractivity contribution in [1.29, 1.82) is 0 Å². The molecule has 2 rings (SSSR count). The Morgan fingerprint density at radius 2 is 2.37 bits per heavy atom. The normalized spacial score (nSPS) is 22.2. The maximum atomic E-state index is 6.11. The molecular formula is C13H20ClN3OS. The summed E-state index contributed by atoms with van der Waals surface area (Å²) in [5, 5.41) is 0.696. The summed E-state index contributed by atoms with van der Waals surface area (Å²) < 4.78 is 5.43. The third-order valence-electron chi connectivity index (χ3n) is 3.53. The van der Waals surface area contributed by atoms with Crippen LogP contribution in [0.25, 0.3) is 0 Å². The van der Waals surface area contributed by atoms with Crippen LogP contribution in [-0.4, -0.2) is 43.1 Å². The molecule has 0 spiro atoms. The summed E-state index contributed by atoms with van der Waals surface area (Å²) in [4.78, 5) is 2.33. The van der Waals surface area contributed by atoms with E-state index in [4.69, 9.17) is 22.2 Å². The van der Waals surface area contributed by atoms with Crippen LogP contribution >= 0.6 is 23.4 Å². The lowest BCUT2D eigenvalue weighted by molar-refractivity contribution is 0.213. The first-order valence-electron chi connectivity index (χ1n) is 6.25. The number of halogens is 1. The van der Waals surface area contributed by atoms with Gasteiger partial charge in [-0.25, -0.2) is 0 Å². The number of hydrogen-bond acceptors (Lipinski definition) is 5. The molecule has 1 aliphatic rings. The Balaban J connectivity index is 2.32. The van der Waals surface area contributed by atoms with Gasteiger partial charge >= 0.3 is 0 Å². The number of hydrazine groups is 1. The van der Waals surface area contributed by atoms with Gasteiger partial charge in [-0.3, -0.25) is 16.2 Å². The van der Waals surface area contributed by atoms with Gasteiger partial charge in [-0.05, 0) is 25.2 Å². The van der Waals surface area contributed by atoms with Gasteiger partial charge in [0.2, 0.25) is 0 Å². The molecule has 1 aliphatic heterocycles. The van der Waals surface area contributed by atoms with Crippen molar-refractivity contribution in [1.82, 2.24) is 10.3 Å². The molecule has 19 heavy (non-hydrogen) atoms. The molecule has 0 radical (unpaired) electrons. The molecule has 0 saturated carbocycles. The first-order chi connectivity index (χ1) is 9.17. The van der Waals surface area contributed by atoms with Crippen molar-refractivity contribution < 1.29 is 4.74 Å². The monoisotopic (exact) mass is 301 g/mol. The van der Waals surface area contributed by atoms with Crippen molar-refractivity contribution in [3.05, 3.63) is 28.8 Å². The Kier molecular flexibility index (Phi) is 5.36. The van der Waals surface area contributed by atoms with E-state index in [9.17, 15) is 0 Å². The van der Waals surface area contributed by atoms with E-state index in [2.05, 4.69) is 17.4 Å². The second kappa shape index (κ2) is 6.81. The summed E-state index contributed by atoms with van der Waals surface area (Å²) in [6, 6.07) is 5.98. The lowest BCUT2D eigenvalue weighted by Gasteiger charge is -2.38. The fraction of sp³-hybridized carbons (Fsp3) is 0.538. The summed E-state index contributed by atoms with van der Waals surface area (Å²) in [6.07, 6.45) is 0. The molecule has 4 nitrogen and oxygen atoms in total. The average molecular weight is 302 g/mol. The Bertz CT molecular complexity index is 432. The van der Waals surface area contributed by atoms with Crippen LogP contribution in [0.2, 0.25) is 5.02 Å². The van der Waals surface area contributed by atoms with Crippen LogP contribution in [-0.2, 0) is 0 Å². The van der Waals surface area contributed by atoms with E-state index in [-0.39, 0.29) is 6.04 Å². The highest BCUT2D eigenvalue weighted by Crippen LogP contribution is 2.33. The van der Waals surface area contributed by atoms with Gasteiger partial charge < -0.3 is 4.74 Å². The molecule has 6 heteroatoms. The maximum Gasteiger partial charge on any atom is 0.123 e. The van der Waals surface area contributed by atoms with Crippen LogP contribution in [0.15, 0.2) is 18.2 Å².